The number of hydrogen-bond donors (Lipinski definition) is 3. The van der Waals surface area contributed by atoms with E-state index in [1.807, 2.05) is 30.3 Å². The van der Waals surface area contributed by atoms with Crippen LogP contribution in [0.15, 0.2) is 36.7 Å². The fourth-order valence-electron chi connectivity index (χ4n) is 3.32. The first-order chi connectivity index (χ1) is 15.0. The quantitative estimate of drug-likeness (QED) is 0.276. The van der Waals surface area contributed by atoms with Gasteiger partial charge in [-0.15, -0.1) is 0 Å². The van der Waals surface area contributed by atoms with Gasteiger partial charge in [-0.2, -0.15) is 0 Å². The normalized spacial score (nSPS) is 15.4. The highest BCUT2D eigenvalue weighted by molar-refractivity contribution is 5.90. The third-order valence-corrected chi connectivity index (χ3v) is 4.66. The van der Waals surface area contributed by atoms with Gasteiger partial charge in [-0.25, -0.2) is 9.97 Å². The first-order valence-corrected chi connectivity index (χ1v) is 9.71. The molecule has 1 unspecified atom stereocenters. The molecule has 0 saturated carbocycles. The van der Waals surface area contributed by atoms with Crippen molar-refractivity contribution < 1.29 is 19.2 Å². The number of nitro groups is 1. The topological polar surface area (TPSA) is 166 Å². The number of anilines is 2. The fraction of sp³-hybridized carbons (Fsp3) is 0.368. The number of para-hydroxylation sites is 1. The third-order valence-electron chi connectivity index (χ3n) is 4.66. The Bertz CT molecular complexity index is 940. The molecule has 3 rings (SSSR count). The molecule has 12 heteroatoms. The average Bonchev–Trinajstić information content (AvgIpc) is 3.25. The molecule has 2 aromatic rings. The number of carbonyl (C=O) groups excluding carboxylic acids is 2. The molecule has 1 aromatic carbocycles. The summed E-state index contributed by atoms with van der Waals surface area (Å²) in [6.07, 6.45) is 2.32. The van der Waals surface area contributed by atoms with Crippen LogP contribution in [0.5, 0.6) is 5.75 Å². The molecule has 1 aliphatic rings. The maximum Gasteiger partial charge on any atom is 0.353 e. The number of nitrogens with one attached hydrogen (secondary N) is 2. The van der Waals surface area contributed by atoms with E-state index < -0.39 is 22.8 Å². The van der Waals surface area contributed by atoms with Crippen LogP contribution in [0.3, 0.4) is 0 Å². The average molecular weight is 429 g/mol. The van der Waals surface area contributed by atoms with Crippen molar-refractivity contribution in [1.82, 2.24) is 15.3 Å². The summed E-state index contributed by atoms with van der Waals surface area (Å²) in [4.78, 5) is 44.2. The SMILES string of the molecule is NC(=O)CNC(=O)C1CCCN1c1ncnc(NCCOc2ccccc2)c1[N+](=O)[O-]. The second kappa shape index (κ2) is 10.2. The second-order valence-electron chi connectivity index (χ2n) is 6.78. The summed E-state index contributed by atoms with van der Waals surface area (Å²) in [7, 11) is 0. The van der Waals surface area contributed by atoms with Gasteiger partial charge >= 0.3 is 5.69 Å². The largest absolute Gasteiger partial charge is 0.492 e. The van der Waals surface area contributed by atoms with Crippen LogP contribution >= 0.6 is 0 Å². The monoisotopic (exact) mass is 429 g/mol. The predicted molar refractivity (Wildman–Crippen MR) is 112 cm³/mol. The molecule has 1 aliphatic heterocycles. The minimum absolute atomic E-state index is 0.0369. The van der Waals surface area contributed by atoms with E-state index in [4.69, 9.17) is 10.5 Å². The molecule has 0 aliphatic carbocycles. The smallest absolute Gasteiger partial charge is 0.353 e. The molecular weight excluding hydrogens is 406 g/mol. The van der Waals surface area contributed by atoms with Crippen LogP contribution < -0.4 is 26.0 Å². The standard InChI is InChI=1S/C19H23N7O5/c20-15(27)11-22-19(28)14-7-4-9-25(14)18-16(26(29)30)17(23-12-24-18)21-8-10-31-13-5-2-1-3-6-13/h1-3,5-6,12,14H,4,7-11H2,(H2,20,27)(H,22,28)(H,21,23,24). The summed E-state index contributed by atoms with van der Waals surface area (Å²) >= 11 is 0. The fourth-order valence-corrected chi connectivity index (χ4v) is 3.32. The molecule has 12 nitrogen and oxygen atoms in total. The van der Waals surface area contributed by atoms with Gasteiger partial charge in [0.05, 0.1) is 18.0 Å². The number of aromatic nitrogens is 2. The first-order valence-electron chi connectivity index (χ1n) is 9.71. The molecular formula is C19H23N7O5. The van der Waals surface area contributed by atoms with Crippen molar-refractivity contribution in [1.29, 1.82) is 0 Å². The van der Waals surface area contributed by atoms with Crippen LogP contribution in [0.4, 0.5) is 17.3 Å². The van der Waals surface area contributed by atoms with E-state index in [1.54, 1.807) is 4.90 Å². The number of hydrogen-bond acceptors (Lipinski definition) is 9. The van der Waals surface area contributed by atoms with Gasteiger partial charge in [0.1, 0.15) is 24.7 Å². The van der Waals surface area contributed by atoms with E-state index >= 15 is 0 Å². The van der Waals surface area contributed by atoms with Crippen LogP contribution in [0.2, 0.25) is 0 Å². The Morgan fingerprint density at radius 1 is 1.29 bits per heavy atom. The lowest BCUT2D eigenvalue weighted by atomic mass is 10.2. The summed E-state index contributed by atoms with van der Waals surface area (Å²) < 4.78 is 5.58. The minimum atomic E-state index is -0.692. The third kappa shape index (κ3) is 5.56. The number of nitrogens with zero attached hydrogens (tertiary/aromatic N) is 4. The molecule has 4 N–H and O–H groups in total. The molecule has 1 atom stereocenters. The number of nitrogens with two attached hydrogens (primary N) is 1. The maximum absolute atomic E-state index is 12.4. The van der Waals surface area contributed by atoms with Crippen LogP contribution in [-0.2, 0) is 9.59 Å². The molecule has 0 radical (unpaired) electrons. The highest BCUT2D eigenvalue weighted by atomic mass is 16.6. The maximum atomic E-state index is 12.4. The van der Waals surface area contributed by atoms with Gasteiger partial charge < -0.3 is 26.0 Å². The van der Waals surface area contributed by atoms with Gasteiger partial charge in [0.2, 0.25) is 23.5 Å². The molecule has 2 amide bonds. The zero-order chi connectivity index (χ0) is 22.2. The number of rotatable bonds is 10. The van der Waals surface area contributed by atoms with E-state index in [2.05, 4.69) is 20.6 Å². The molecule has 2 heterocycles. The van der Waals surface area contributed by atoms with Gasteiger partial charge in [-0.3, -0.25) is 19.7 Å². The summed E-state index contributed by atoms with van der Waals surface area (Å²) in [5.41, 5.74) is 4.75. The molecule has 164 valence electrons. The zero-order valence-electron chi connectivity index (χ0n) is 16.7. The van der Waals surface area contributed by atoms with Crippen LogP contribution in [0.1, 0.15) is 12.8 Å². The van der Waals surface area contributed by atoms with E-state index in [-0.39, 0.29) is 37.0 Å². The first kappa shape index (κ1) is 21.7. The lowest BCUT2D eigenvalue weighted by molar-refractivity contribution is -0.383. The van der Waals surface area contributed by atoms with Crippen molar-refractivity contribution in [2.45, 2.75) is 18.9 Å². The summed E-state index contributed by atoms with van der Waals surface area (Å²) in [5.74, 6) is -0.341. The van der Waals surface area contributed by atoms with E-state index in [0.717, 1.165) is 0 Å². The van der Waals surface area contributed by atoms with E-state index in [0.29, 0.717) is 25.1 Å². The van der Waals surface area contributed by atoms with Crippen molar-refractivity contribution in [3.8, 4) is 5.75 Å². The van der Waals surface area contributed by atoms with Gasteiger partial charge in [-0.05, 0) is 25.0 Å². The number of benzene rings is 1. The molecule has 1 aromatic heterocycles. The summed E-state index contributed by atoms with van der Waals surface area (Å²) in [6, 6.07) is 8.48. The van der Waals surface area contributed by atoms with Gasteiger partial charge in [0, 0.05) is 6.54 Å². The van der Waals surface area contributed by atoms with Crippen molar-refractivity contribution in [3.05, 3.63) is 46.8 Å². The second-order valence-corrected chi connectivity index (χ2v) is 6.78. The Labute approximate surface area is 177 Å². The van der Waals surface area contributed by atoms with Gasteiger partial charge in [0.25, 0.3) is 0 Å². The lowest BCUT2D eigenvalue weighted by Crippen LogP contribution is -2.46. The summed E-state index contributed by atoms with van der Waals surface area (Å²) in [6.45, 7) is 0.642. The predicted octanol–water partition coefficient (Wildman–Crippen LogP) is 0.446. The minimum Gasteiger partial charge on any atom is -0.492 e. The van der Waals surface area contributed by atoms with Gasteiger partial charge in [-0.1, -0.05) is 18.2 Å². The lowest BCUT2D eigenvalue weighted by Gasteiger charge is -2.24. The van der Waals surface area contributed by atoms with E-state index in [1.165, 1.54) is 6.33 Å². The van der Waals surface area contributed by atoms with E-state index in [9.17, 15) is 19.7 Å². The van der Waals surface area contributed by atoms with Crippen LogP contribution in [0, 0.1) is 10.1 Å². The Kier molecular flexibility index (Phi) is 7.14. The van der Waals surface area contributed by atoms with Crippen LogP contribution in [0.25, 0.3) is 0 Å². The Morgan fingerprint density at radius 3 is 2.77 bits per heavy atom. The Hall–Kier alpha value is -3.96. The van der Waals surface area contributed by atoms with Gasteiger partial charge in [0.15, 0.2) is 0 Å². The Morgan fingerprint density at radius 2 is 2.06 bits per heavy atom. The zero-order valence-corrected chi connectivity index (χ0v) is 16.7. The molecule has 31 heavy (non-hydrogen) atoms. The summed E-state index contributed by atoms with van der Waals surface area (Å²) in [5, 5.41) is 17.2. The number of primary amides is 1. The van der Waals surface area contributed by atoms with Crippen LogP contribution in [-0.4, -0.2) is 59.0 Å². The molecule has 1 fully saturated rings. The Balaban J connectivity index is 1.72. The number of carbonyl (C=O) groups is 2. The van der Waals surface area contributed by atoms with Crippen molar-refractivity contribution >= 4 is 29.1 Å². The highest BCUT2D eigenvalue weighted by Crippen LogP contribution is 2.35. The molecule has 1 saturated heterocycles. The molecule has 0 spiro atoms. The highest BCUT2D eigenvalue weighted by Gasteiger charge is 2.37. The van der Waals surface area contributed by atoms with Crippen molar-refractivity contribution in [2.75, 3.05) is 36.5 Å². The molecule has 0 bridgehead atoms. The number of ether oxygens (including phenoxy) is 1. The van der Waals surface area contributed by atoms with Crippen molar-refractivity contribution in [3.63, 3.8) is 0 Å². The number of amides is 2. The van der Waals surface area contributed by atoms with Crippen molar-refractivity contribution in [2.24, 2.45) is 5.73 Å².